The standard InChI is InChI=1S/C16H19ClN2O/c1-10(2)20-16-9-12(5-7-14(16)18)19-15-8-11(3)4-6-13(15)17/h4-10,19H,18H2,1-3H3. The molecule has 0 bridgehead atoms. The number of halogens is 1. The second-order valence-corrected chi connectivity index (χ2v) is 5.43. The van der Waals surface area contributed by atoms with Gasteiger partial charge in [-0.15, -0.1) is 0 Å². The monoisotopic (exact) mass is 290 g/mol. The number of benzene rings is 2. The van der Waals surface area contributed by atoms with Gasteiger partial charge in [0.15, 0.2) is 0 Å². The quantitative estimate of drug-likeness (QED) is 0.798. The molecule has 0 radical (unpaired) electrons. The third-order valence-electron chi connectivity index (χ3n) is 2.78. The summed E-state index contributed by atoms with van der Waals surface area (Å²) < 4.78 is 5.68. The summed E-state index contributed by atoms with van der Waals surface area (Å²) in [5.41, 5.74) is 9.43. The number of hydrogen-bond acceptors (Lipinski definition) is 3. The minimum atomic E-state index is 0.0788. The van der Waals surface area contributed by atoms with E-state index in [0.29, 0.717) is 16.5 Å². The Hall–Kier alpha value is -1.87. The lowest BCUT2D eigenvalue weighted by molar-refractivity contribution is 0.244. The molecule has 0 saturated heterocycles. The molecule has 4 heteroatoms. The van der Waals surface area contributed by atoms with Crippen LogP contribution in [0, 0.1) is 6.92 Å². The number of nitrogens with two attached hydrogens (primary N) is 1. The molecule has 0 aromatic heterocycles. The predicted octanol–water partition coefficient (Wildman–Crippen LogP) is 4.76. The lowest BCUT2D eigenvalue weighted by Crippen LogP contribution is -2.07. The van der Waals surface area contributed by atoms with Crippen molar-refractivity contribution in [1.82, 2.24) is 0 Å². The van der Waals surface area contributed by atoms with Gasteiger partial charge >= 0.3 is 0 Å². The molecule has 0 aliphatic heterocycles. The summed E-state index contributed by atoms with van der Waals surface area (Å²) in [6.07, 6.45) is 0.0788. The van der Waals surface area contributed by atoms with Crippen LogP contribution in [0.3, 0.4) is 0 Å². The number of aryl methyl sites for hydroxylation is 1. The Kier molecular flexibility index (Phi) is 4.40. The molecule has 0 heterocycles. The fourth-order valence-electron chi connectivity index (χ4n) is 1.86. The number of ether oxygens (including phenoxy) is 1. The summed E-state index contributed by atoms with van der Waals surface area (Å²) in [6, 6.07) is 11.5. The molecule has 0 aliphatic carbocycles. The SMILES string of the molecule is Cc1ccc(Cl)c(Nc2ccc(N)c(OC(C)C)c2)c1. The highest BCUT2D eigenvalue weighted by molar-refractivity contribution is 6.33. The highest BCUT2D eigenvalue weighted by Gasteiger charge is 2.06. The van der Waals surface area contributed by atoms with Crippen molar-refractivity contribution in [3.63, 3.8) is 0 Å². The van der Waals surface area contributed by atoms with Crippen molar-refractivity contribution >= 4 is 28.7 Å². The maximum absolute atomic E-state index is 6.18. The van der Waals surface area contributed by atoms with Gasteiger partial charge in [0.1, 0.15) is 5.75 Å². The van der Waals surface area contributed by atoms with E-state index in [1.165, 1.54) is 0 Å². The minimum Gasteiger partial charge on any atom is -0.489 e. The molecule has 0 spiro atoms. The van der Waals surface area contributed by atoms with E-state index in [1.807, 2.05) is 57.2 Å². The van der Waals surface area contributed by atoms with Gasteiger partial charge < -0.3 is 15.8 Å². The lowest BCUT2D eigenvalue weighted by Gasteiger charge is -2.15. The number of nitrogens with one attached hydrogen (secondary N) is 1. The van der Waals surface area contributed by atoms with E-state index < -0.39 is 0 Å². The zero-order valence-electron chi connectivity index (χ0n) is 11.9. The van der Waals surface area contributed by atoms with Crippen molar-refractivity contribution in [3.8, 4) is 5.75 Å². The molecule has 0 saturated carbocycles. The molecule has 0 atom stereocenters. The Balaban J connectivity index is 2.27. The Morgan fingerprint density at radius 2 is 1.90 bits per heavy atom. The Labute approximate surface area is 124 Å². The smallest absolute Gasteiger partial charge is 0.144 e. The number of anilines is 3. The summed E-state index contributed by atoms with van der Waals surface area (Å²) in [6.45, 7) is 5.96. The summed E-state index contributed by atoms with van der Waals surface area (Å²) in [7, 11) is 0. The van der Waals surface area contributed by atoms with Gasteiger partial charge in [-0.1, -0.05) is 17.7 Å². The fourth-order valence-corrected chi connectivity index (χ4v) is 2.02. The minimum absolute atomic E-state index is 0.0788. The zero-order chi connectivity index (χ0) is 14.7. The summed E-state index contributed by atoms with van der Waals surface area (Å²) in [5, 5.41) is 3.97. The van der Waals surface area contributed by atoms with E-state index in [0.717, 1.165) is 16.9 Å². The van der Waals surface area contributed by atoms with Crippen molar-refractivity contribution in [2.75, 3.05) is 11.1 Å². The first-order chi connectivity index (χ1) is 9.45. The number of hydrogen-bond donors (Lipinski definition) is 2. The van der Waals surface area contributed by atoms with Crippen molar-refractivity contribution in [1.29, 1.82) is 0 Å². The van der Waals surface area contributed by atoms with Gasteiger partial charge in [-0.3, -0.25) is 0 Å². The van der Waals surface area contributed by atoms with E-state index in [-0.39, 0.29) is 6.10 Å². The topological polar surface area (TPSA) is 47.3 Å². The molecule has 2 rings (SSSR count). The third-order valence-corrected chi connectivity index (χ3v) is 3.11. The van der Waals surface area contributed by atoms with Crippen LogP contribution >= 0.6 is 11.6 Å². The van der Waals surface area contributed by atoms with Crippen LogP contribution in [0.1, 0.15) is 19.4 Å². The van der Waals surface area contributed by atoms with Gasteiger partial charge in [0, 0.05) is 11.8 Å². The third kappa shape index (κ3) is 3.58. The van der Waals surface area contributed by atoms with Gasteiger partial charge in [0.2, 0.25) is 0 Å². The molecular weight excluding hydrogens is 272 g/mol. The average Bonchev–Trinajstić information content (AvgIpc) is 2.37. The van der Waals surface area contributed by atoms with Crippen molar-refractivity contribution in [3.05, 3.63) is 47.0 Å². The Morgan fingerprint density at radius 3 is 2.60 bits per heavy atom. The second-order valence-electron chi connectivity index (χ2n) is 5.03. The van der Waals surface area contributed by atoms with Gasteiger partial charge in [-0.25, -0.2) is 0 Å². The van der Waals surface area contributed by atoms with Crippen LogP contribution in [0.4, 0.5) is 17.1 Å². The Bertz CT molecular complexity index is 611. The largest absolute Gasteiger partial charge is 0.489 e. The molecule has 3 N–H and O–H groups in total. The van der Waals surface area contributed by atoms with Crippen LogP contribution in [-0.4, -0.2) is 6.10 Å². The number of rotatable bonds is 4. The summed E-state index contributed by atoms with van der Waals surface area (Å²) >= 11 is 6.18. The summed E-state index contributed by atoms with van der Waals surface area (Å²) in [5.74, 6) is 0.675. The van der Waals surface area contributed by atoms with E-state index in [1.54, 1.807) is 0 Å². The highest BCUT2D eigenvalue weighted by Crippen LogP contribution is 2.31. The van der Waals surface area contributed by atoms with Crippen LogP contribution < -0.4 is 15.8 Å². The van der Waals surface area contributed by atoms with Crippen molar-refractivity contribution in [2.24, 2.45) is 0 Å². The van der Waals surface area contributed by atoms with Crippen molar-refractivity contribution < 1.29 is 4.74 Å². The van der Waals surface area contributed by atoms with E-state index in [2.05, 4.69) is 5.32 Å². The first kappa shape index (κ1) is 14.5. The molecule has 0 fully saturated rings. The van der Waals surface area contributed by atoms with Crippen LogP contribution in [0.2, 0.25) is 5.02 Å². The van der Waals surface area contributed by atoms with Gasteiger partial charge in [-0.05, 0) is 50.6 Å². The first-order valence-corrected chi connectivity index (χ1v) is 6.93. The molecule has 0 unspecified atom stereocenters. The molecular formula is C16H19ClN2O. The molecule has 2 aromatic carbocycles. The van der Waals surface area contributed by atoms with E-state index in [4.69, 9.17) is 22.1 Å². The van der Waals surface area contributed by atoms with Gasteiger partial charge in [-0.2, -0.15) is 0 Å². The predicted molar refractivity (Wildman–Crippen MR) is 86.1 cm³/mol. The van der Waals surface area contributed by atoms with Crippen LogP contribution in [0.25, 0.3) is 0 Å². The van der Waals surface area contributed by atoms with Crippen LogP contribution in [0.5, 0.6) is 5.75 Å². The van der Waals surface area contributed by atoms with E-state index >= 15 is 0 Å². The molecule has 106 valence electrons. The van der Waals surface area contributed by atoms with Gasteiger partial charge in [0.05, 0.1) is 22.5 Å². The maximum Gasteiger partial charge on any atom is 0.144 e. The van der Waals surface area contributed by atoms with Crippen LogP contribution in [0.15, 0.2) is 36.4 Å². The molecule has 0 aliphatic rings. The molecule has 3 nitrogen and oxygen atoms in total. The second kappa shape index (κ2) is 6.06. The highest BCUT2D eigenvalue weighted by atomic mass is 35.5. The fraction of sp³-hybridized carbons (Fsp3) is 0.250. The average molecular weight is 291 g/mol. The van der Waals surface area contributed by atoms with Crippen LogP contribution in [-0.2, 0) is 0 Å². The zero-order valence-corrected chi connectivity index (χ0v) is 12.7. The Morgan fingerprint density at radius 1 is 1.15 bits per heavy atom. The molecule has 2 aromatic rings. The first-order valence-electron chi connectivity index (χ1n) is 6.55. The molecule has 20 heavy (non-hydrogen) atoms. The lowest BCUT2D eigenvalue weighted by atomic mass is 10.2. The normalized spacial score (nSPS) is 10.7. The van der Waals surface area contributed by atoms with Gasteiger partial charge in [0.25, 0.3) is 0 Å². The molecule has 0 amide bonds. The van der Waals surface area contributed by atoms with E-state index in [9.17, 15) is 0 Å². The summed E-state index contributed by atoms with van der Waals surface area (Å²) in [4.78, 5) is 0. The van der Waals surface area contributed by atoms with Crippen molar-refractivity contribution in [2.45, 2.75) is 26.9 Å². The maximum atomic E-state index is 6.18. The number of nitrogen functional groups attached to an aromatic ring is 1.